The van der Waals surface area contributed by atoms with E-state index < -0.39 is 0 Å². The lowest BCUT2D eigenvalue weighted by atomic mass is 10.3. The Kier molecular flexibility index (Phi) is 5.05. The van der Waals surface area contributed by atoms with E-state index in [1.165, 1.54) is 11.8 Å². The summed E-state index contributed by atoms with van der Waals surface area (Å²) >= 11 is 1.48. The zero-order chi connectivity index (χ0) is 14.5. The van der Waals surface area contributed by atoms with Crippen molar-refractivity contribution in [1.29, 1.82) is 0 Å². The van der Waals surface area contributed by atoms with Gasteiger partial charge in [0.2, 0.25) is 5.91 Å². The molecule has 1 atom stereocenters. The summed E-state index contributed by atoms with van der Waals surface area (Å²) in [6.45, 7) is 4.65. The average molecular weight is 295 g/mol. The van der Waals surface area contributed by atoms with Gasteiger partial charge >= 0.3 is 0 Å². The van der Waals surface area contributed by atoms with Gasteiger partial charge in [0.1, 0.15) is 17.7 Å². The van der Waals surface area contributed by atoms with Gasteiger partial charge in [-0.15, -0.1) is 0 Å². The Balaban J connectivity index is 2.02. The number of hydrogen-bond donors (Lipinski definition) is 3. The van der Waals surface area contributed by atoms with Crippen LogP contribution in [0.25, 0.3) is 0 Å². The molecule has 1 aliphatic rings. The molecule has 2 rings (SSSR count). The first-order valence-corrected chi connectivity index (χ1v) is 8.08. The molecule has 0 aliphatic heterocycles. The second-order valence-electron chi connectivity index (χ2n) is 4.80. The summed E-state index contributed by atoms with van der Waals surface area (Å²) < 4.78 is 0. The molecule has 1 unspecified atom stereocenters. The molecule has 0 radical (unpaired) electrons. The Hall–Kier alpha value is -1.50. The summed E-state index contributed by atoms with van der Waals surface area (Å²) in [6, 6.07) is 1.88. The van der Waals surface area contributed by atoms with Crippen molar-refractivity contribution in [2.75, 3.05) is 23.4 Å². The Morgan fingerprint density at radius 3 is 2.75 bits per heavy atom. The molecule has 1 saturated carbocycles. The summed E-state index contributed by atoms with van der Waals surface area (Å²) in [5.41, 5.74) is 0. The first-order chi connectivity index (χ1) is 9.62. The smallest absolute Gasteiger partial charge is 0.242 e. The number of carbonyl (C=O) groups excluding carboxylic acids is 1. The fourth-order valence-electron chi connectivity index (χ4n) is 1.70. The van der Waals surface area contributed by atoms with Crippen LogP contribution in [-0.4, -0.2) is 40.8 Å². The second-order valence-corrected chi connectivity index (χ2v) is 5.58. The highest BCUT2D eigenvalue weighted by atomic mass is 32.2. The van der Waals surface area contributed by atoms with Gasteiger partial charge in [0.25, 0.3) is 0 Å². The van der Waals surface area contributed by atoms with Crippen molar-refractivity contribution in [1.82, 2.24) is 15.3 Å². The Bertz CT molecular complexity index is 478. The summed E-state index contributed by atoms with van der Waals surface area (Å²) in [6.07, 6.45) is 4.11. The number of rotatable bonds is 7. The molecule has 0 saturated heterocycles. The minimum atomic E-state index is -0.310. The van der Waals surface area contributed by atoms with Gasteiger partial charge in [-0.1, -0.05) is 11.8 Å². The van der Waals surface area contributed by atoms with Crippen LogP contribution in [0.15, 0.2) is 11.2 Å². The zero-order valence-corrected chi connectivity index (χ0v) is 12.9. The van der Waals surface area contributed by atoms with Crippen molar-refractivity contribution in [2.24, 2.45) is 0 Å². The number of amides is 1. The molecule has 3 N–H and O–H groups in total. The molecule has 110 valence electrons. The Morgan fingerprint density at radius 2 is 2.15 bits per heavy atom. The van der Waals surface area contributed by atoms with Gasteiger partial charge in [0.05, 0.1) is 0 Å². The maximum absolute atomic E-state index is 11.9. The van der Waals surface area contributed by atoms with Crippen LogP contribution in [-0.2, 0) is 4.79 Å². The zero-order valence-electron chi connectivity index (χ0n) is 12.1. The maximum atomic E-state index is 11.9. The van der Waals surface area contributed by atoms with E-state index in [-0.39, 0.29) is 11.9 Å². The number of aromatic nitrogens is 2. The minimum Gasteiger partial charge on any atom is -0.370 e. The number of hydrogen-bond acceptors (Lipinski definition) is 6. The molecule has 0 aromatic carbocycles. The number of anilines is 2. The standard InChI is InChI=1S/C13H21N5OS/c1-4-14-10-7-11(18-13(17-10)20-3)15-8(2)12(19)16-9-5-6-9/h7-9H,4-6H2,1-3H3,(H,16,19)(H2,14,15,17,18). The van der Waals surface area contributed by atoms with Crippen LogP contribution in [0.1, 0.15) is 26.7 Å². The molecule has 0 bridgehead atoms. The molecule has 1 heterocycles. The van der Waals surface area contributed by atoms with Gasteiger partial charge < -0.3 is 16.0 Å². The summed E-state index contributed by atoms with van der Waals surface area (Å²) in [4.78, 5) is 20.6. The molecular formula is C13H21N5OS. The van der Waals surface area contributed by atoms with Gasteiger partial charge in [-0.3, -0.25) is 4.79 Å². The SMILES string of the molecule is CCNc1cc(NC(C)C(=O)NC2CC2)nc(SC)n1. The van der Waals surface area contributed by atoms with Crippen LogP contribution < -0.4 is 16.0 Å². The summed E-state index contributed by atoms with van der Waals surface area (Å²) in [5, 5.41) is 9.95. The lowest BCUT2D eigenvalue weighted by Crippen LogP contribution is -2.38. The lowest BCUT2D eigenvalue weighted by Gasteiger charge is -2.15. The normalized spacial score (nSPS) is 15.6. The van der Waals surface area contributed by atoms with E-state index in [4.69, 9.17) is 0 Å². The largest absolute Gasteiger partial charge is 0.370 e. The number of carbonyl (C=O) groups is 1. The van der Waals surface area contributed by atoms with Gasteiger partial charge in [0, 0.05) is 18.7 Å². The van der Waals surface area contributed by atoms with Crippen LogP contribution in [0.3, 0.4) is 0 Å². The average Bonchev–Trinajstić information content (AvgIpc) is 3.22. The number of nitrogens with one attached hydrogen (secondary N) is 3. The monoisotopic (exact) mass is 295 g/mol. The molecule has 1 amide bonds. The van der Waals surface area contributed by atoms with Crippen LogP contribution in [0.5, 0.6) is 0 Å². The summed E-state index contributed by atoms with van der Waals surface area (Å²) in [5.74, 6) is 1.45. The lowest BCUT2D eigenvalue weighted by molar-refractivity contribution is -0.121. The van der Waals surface area contributed by atoms with Gasteiger partial charge in [-0.2, -0.15) is 0 Å². The second kappa shape index (κ2) is 6.78. The fraction of sp³-hybridized carbons (Fsp3) is 0.615. The number of thioether (sulfide) groups is 1. The molecule has 1 aliphatic carbocycles. The van der Waals surface area contributed by atoms with E-state index in [0.29, 0.717) is 17.0 Å². The summed E-state index contributed by atoms with van der Waals surface area (Å²) in [7, 11) is 0. The molecule has 1 aromatic heterocycles. The predicted molar refractivity (Wildman–Crippen MR) is 82.2 cm³/mol. The molecule has 1 aromatic rings. The third-order valence-corrected chi connectivity index (χ3v) is 3.48. The Morgan fingerprint density at radius 1 is 1.45 bits per heavy atom. The van der Waals surface area contributed by atoms with Crippen molar-refractivity contribution in [3.05, 3.63) is 6.07 Å². The third kappa shape index (κ3) is 4.26. The first-order valence-electron chi connectivity index (χ1n) is 6.86. The van der Waals surface area contributed by atoms with E-state index in [1.807, 2.05) is 26.2 Å². The van der Waals surface area contributed by atoms with E-state index in [9.17, 15) is 4.79 Å². The highest BCUT2D eigenvalue weighted by molar-refractivity contribution is 7.98. The van der Waals surface area contributed by atoms with Gasteiger partial charge in [-0.05, 0) is 32.9 Å². The fourth-order valence-corrected chi connectivity index (χ4v) is 2.08. The highest BCUT2D eigenvalue weighted by Gasteiger charge is 2.25. The predicted octanol–water partition coefficient (Wildman–Crippen LogP) is 1.71. The Labute approximate surface area is 123 Å². The van der Waals surface area contributed by atoms with Crippen LogP contribution in [0.4, 0.5) is 11.6 Å². The van der Waals surface area contributed by atoms with Gasteiger partial charge in [-0.25, -0.2) is 9.97 Å². The van der Waals surface area contributed by atoms with Crippen molar-refractivity contribution in [2.45, 2.75) is 43.9 Å². The van der Waals surface area contributed by atoms with Crippen molar-refractivity contribution in [3.63, 3.8) is 0 Å². The molecular weight excluding hydrogens is 274 g/mol. The van der Waals surface area contributed by atoms with E-state index in [0.717, 1.165) is 25.2 Å². The minimum absolute atomic E-state index is 0.0156. The van der Waals surface area contributed by atoms with Crippen LogP contribution in [0, 0.1) is 0 Å². The molecule has 6 nitrogen and oxygen atoms in total. The highest BCUT2D eigenvalue weighted by Crippen LogP contribution is 2.20. The first kappa shape index (κ1) is 14.9. The van der Waals surface area contributed by atoms with E-state index in [1.54, 1.807) is 0 Å². The van der Waals surface area contributed by atoms with E-state index >= 15 is 0 Å². The molecule has 0 spiro atoms. The van der Waals surface area contributed by atoms with Gasteiger partial charge in [0.15, 0.2) is 5.16 Å². The topological polar surface area (TPSA) is 78.9 Å². The molecule has 20 heavy (non-hydrogen) atoms. The number of nitrogens with zero attached hydrogens (tertiary/aromatic N) is 2. The molecule has 1 fully saturated rings. The molecule has 7 heteroatoms. The van der Waals surface area contributed by atoms with Crippen LogP contribution >= 0.6 is 11.8 Å². The van der Waals surface area contributed by atoms with E-state index in [2.05, 4.69) is 25.9 Å². The van der Waals surface area contributed by atoms with Crippen molar-refractivity contribution in [3.8, 4) is 0 Å². The van der Waals surface area contributed by atoms with Crippen LogP contribution in [0.2, 0.25) is 0 Å². The third-order valence-electron chi connectivity index (χ3n) is 2.93. The van der Waals surface area contributed by atoms with Crippen molar-refractivity contribution >= 4 is 29.3 Å². The van der Waals surface area contributed by atoms with Crippen molar-refractivity contribution < 1.29 is 4.79 Å². The quantitative estimate of drug-likeness (QED) is 0.525. The maximum Gasteiger partial charge on any atom is 0.242 e.